The van der Waals surface area contributed by atoms with E-state index in [-0.39, 0.29) is 0 Å². The lowest BCUT2D eigenvalue weighted by atomic mass is 9.91. The third-order valence-corrected chi connectivity index (χ3v) is 5.70. The van der Waals surface area contributed by atoms with E-state index in [0.29, 0.717) is 0 Å². The Kier molecular flexibility index (Phi) is 12.5. The monoisotopic (exact) mass is 643 g/mol. The Morgan fingerprint density at radius 1 is 0.487 bits per heavy atom. The molecule has 0 fully saturated rings. The number of hydrogen-bond donors (Lipinski definition) is 1. The largest absolute Gasteiger partial charge is 0.743 e. The minimum absolute atomic E-state index is 1.33. The molecule has 22 heteroatoms. The molecule has 0 spiro atoms. The second-order valence-electron chi connectivity index (χ2n) is 7.92. The van der Waals surface area contributed by atoms with Crippen molar-refractivity contribution in [3.63, 3.8) is 0 Å². The molecule has 0 saturated carbocycles. The molecular formula is C17H22F17NO3S. The van der Waals surface area contributed by atoms with Crippen molar-refractivity contribution in [2.75, 3.05) is 19.6 Å². The van der Waals surface area contributed by atoms with Gasteiger partial charge in [0.05, 0.1) is 19.6 Å². The lowest BCUT2D eigenvalue weighted by Gasteiger charge is -2.42. The molecule has 0 amide bonds. The summed E-state index contributed by atoms with van der Waals surface area (Å²) in [5.74, 6) is -52.1. The Balaban J connectivity index is 0. The molecule has 0 aliphatic heterocycles. The van der Waals surface area contributed by atoms with Gasteiger partial charge in [-0.15, -0.1) is 0 Å². The summed E-state index contributed by atoms with van der Waals surface area (Å²) in [6.45, 7) is 10.9. The van der Waals surface area contributed by atoms with Gasteiger partial charge < -0.3 is 9.45 Å². The predicted molar refractivity (Wildman–Crippen MR) is 96.8 cm³/mol. The highest BCUT2D eigenvalue weighted by molar-refractivity contribution is 7.86. The van der Waals surface area contributed by atoms with E-state index in [2.05, 4.69) is 20.8 Å². The van der Waals surface area contributed by atoms with Gasteiger partial charge in [-0.1, -0.05) is 20.8 Å². The zero-order chi connectivity index (χ0) is 32.3. The van der Waals surface area contributed by atoms with E-state index < -0.39 is 57.1 Å². The van der Waals surface area contributed by atoms with Crippen molar-refractivity contribution in [2.24, 2.45) is 0 Å². The summed E-state index contributed by atoms with van der Waals surface area (Å²) in [6, 6.07) is 0. The molecule has 0 unspecified atom stereocenters. The second kappa shape index (κ2) is 12.3. The first-order chi connectivity index (χ1) is 16.8. The molecule has 0 atom stereocenters. The number of hydrogen-bond acceptors (Lipinski definition) is 3. The summed E-state index contributed by atoms with van der Waals surface area (Å²) in [4.78, 5) is 1.78. The molecule has 0 saturated heterocycles. The summed E-state index contributed by atoms with van der Waals surface area (Å²) in [7, 11) is -8.14. The average Bonchev–Trinajstić information content (AvgIpc) is 2.72. The van der Waals surface area contributed by atoms with Crippen molar-refractivity contribution in [3.05, 3.63) is 0 Å². The summed E-state index contributed by atoms with van der Waals surface area (Å²) in [5, 5.41) is -7.95. The van der Waals surface area contributed by atoms with Gasteiger partial charge in [-0.2, -0.15) is 74.6 Å². The number of halogens is 17. The quantitative estimate of drug-likeness (QED) is 0.210. The summed E-state index contributed by atoms with van der Waals surface area (Å²) < 4.78 is 244. The Morgan fingerprint density at radius 2 is 0.718 bits per heavy atom. The first-order valence-corrected chi connectivity index (χ1v) is 11.8. The molecule has 0 aromatic heterocycles. The second-order valence-corrected chi connectivity index (χ2v) is 9.34. The normalized spacial score (nSPS) is 15.3. The highest BCUT2D eigenvalue weighted by atomic mass is 32.2. The summed E-state index contributed by atoms with van der Waals surface area (Å²) in [6.07, 6.45) is -3.91. The lowest BCUT2D eigenvalue weighted by molar-refractivity contribution is -0.900. The first-order valence-electron chi connectivity index (χ1n) is 10.3. The first kappa shape index (κ1) is 39.8. The number of rotatable bonds is 13. The highest BCUT2D eigenvalue weighted by Crippen LogP contribution is 2.64. The maximum Gasteiger partial charge on any atom is 0.460 e. The van der Waals surface area contributed by atoms with Crippen LogP contribution < -0.4 is 4.90 Å². The van der Waals surface area contributed by atoms with E-state index in [1.807, 2.05) is 0 Å². The van der Waals surface area contributed by atoms with Gasteiger partial charge >= 0.3 is 47.0 Å². The molecule has 0 bridgehead atoms. The summed E-state index contributed by atoms with van der Waals surface area (Å²) in [5.41, 5.74) is 0. The lowest BCUT2D eigenvalue weighted by Crippen LogP contribution is -3.11. The molecule has 0 rings (SSSR count). The van der Waals surface area contributed by atoms with Crippen LogP contribution in [0.3, 0.4) is 0 Å². The smallest absolute Gasteiger partial charge is 0.460 e. The van der Waals surface area contributed by atoms with Gasteiger partial charge in [0.15, 0.2) is 10.1 Å². The average molecular weight is 643 g/mol. The van der Waals surface area contributed by atoms with E-state index in [4.69, 9.17) is 0 Å². The molecule has 39 heavy (non-hydrogen) atoms. The minimum Gasteiger partial charge on any atom is -0.743 e. The van der Waals surface area contributed by atoms with Crippen LogP contribution in [0.5, 0.6) is 0 Å². The Labute approximate surface area is 210 Å². The van der Waals surface area contributed by atoms with Crippen molar-refractivity contribution in [3.8, 4) is 0 Å². The van der Waals surface area contributed by atoms with Crippen LogP contribution in [0.25, 0.3) is 0 Å². The Bertz CT molecular complexity index is 873. The van der Waals surface area contributed by atoms with Crippen LogP contribution in [0.4, 0.5) is 74.6 Å². The summed E-state index contributed by atoms with van der Waals surface area (Å²) >= 11 is 0. The van der Waals surface area contributed by atoms with Crippen LogP contribution >= 0.6 is 0 Å². The molecule has 4 nitrogen and oxygen atoms in total. The third-order valence-electron chi connectivity index (χ3n) is 4.82. The van der Waals surface area contributed by atoms with Gasteiger partial charge in [0.25, 0.3) is 0 Å². The van der Waals surface area contributed by atoms with E-state index >= 15 is 0 Å². The highest BCUT2D eigenvalue weighted by Gasteiger charge is 2.95. The molecule has 1 N–H and O–H groups in total. The molecule has 0 aliphatic carbocycles. The van der Waals surface area contributed by atoms with E-state index in [9.17, 15) is 87.6 Å². The van der Waals surface area contributed by atoms with Crippen LogP contribution in [0, 0.1) is 0 Å². The van der Waals surface area contributed by atoms with Gasteiger partial charge in [-0.25, -0.2) is 8.42 Å². The van der Waals surface area contributed by atoms with Gasteiger partial charge in [-0.3, -0.25) is 0 Å². The molecule has 0 heterocycles. The van der Waals surface area contributed by atoms with Crippen molar-refractivity contribution < 1.29 is 92.5 Å². The zero-order valence-corrected chi connectivity index (χ0v) is 20.6. The Morgan fingerprint density at radius 3 is 0.923 bits per heavy atom. The fourth-order valence-corrected chi connectivity index (χ4v) is 3.18. The molecule has 0 aliphatic rings. The van der Waals surface area contributed by atoms with Crippen molar-refractivity contribution in [1.29, 1.82) is 0 Å². The zero-order valence-electron chi connectivity index (χ0n) is 19.8. The van der Waals surface area contributed by atoms with Gasteiger partial charge in [-0.05, 0) is 19.3 Å². The molecule has 238 valence electrons. The molecular weight excluding hydrogens is 621 g/mol. The minimum atomic E-state index is -8.92. The number of quaternary nitrogens is 1. The molecule has 0 aromatic rings. The van der Waals surface area contributed by atoms with Crippen molar-refractivity contribution >= 4 is 10.1 Å². The maximum atomic E-state index is 13.0. The Hall–Kier alpha value is -1.32. The van der Waals surface area contributed by atoms with Crippen LogP contribution in [-0.4, -0.2) is 79.6 Å². The topological polar surface area (TPSA) is 61.6 Å². The van der Waals surface area contributed by atoms with E-state index in [1.165, 1.54) is 38.9 Å². The van der Waals surface area contributed by atoms with Crippen LogP contribution in [0.1, 0.15) is 40.0 Å². The van der Waals surface area contributed by atoms with Crippen molar-refractivity contribution in [1.82, 2.24) is 0 Å². The standard InChI is InChI=1S/C9H21N.C8HF17O3S/c1-4-7-10(8-5-2)9-6-3;9-1(10,3(13,14)5(17,18)7(21,22)23)2(11,12)4(15,16)6(19,20)8(24,25)29(26,27)28/h4-9H2,1-3H3;(H,26,27,28). The number of nitrogens with one attached hydrogen (secondary N) is 1. The van der Waals surface area contributed by atoms with Crippen LogP contribution in [0.15, 0.2) is 0 Å². The van der Waals surface area contributed by atoms with E-state index in [1.54, 1.807) is 4.90 Å². The molecule has 0 aromatic carbocycles. The molecule has 0 radical (unpaired) electrons. The van der Waals surface area contributed by atoms with Crippen molar-refractivity contribution in [2.45, 2.75) is 87.0 Å². The predicted octanol–water partition coefficient (Wildman–Crippen LogP) is 5.60. The van der Waals surface area contributed by atoms with E-state index in [0.717, 1.165) is 0 Å². The van der Waals surface area contributed by atoms with Gasteiger partial charge in [0, 0.05) is 0 Å². The van der Waals surface area contributed by atoms with Gasteiger partial charge in [0.1, 0.15) is 0 Å². The fraction of sp³-hybridized carbons (Fsp3) is 1.00. The van der Waals surface area contributed by atoms with Crippen LogP contribution in [-0.2, 0) is 10.1 Å². The maximum absolute atomic E-state index is 13.0. The SMILES string of the molecule is CCC[NH+](CCC)CCC.O=S(=O)([O-])C(F)(F)C(F)(F)C(F)(F)C(F)(F)C(F)(F)C(F)(F)C(F)(F)C(F)(F)F. The third kappa shape index (κ3) is 6.95. The number of alkyl halides is 17. The fourth-order valence-electron chi connectivity index (χ4n) is 2.74. The van der Waals surface area contributed by atoms with Crippen LogP contribution in [0.2, 0.25) is 0 Å². The van der Waals surface area contributed by atoms with Gasteiger partial charge in [0.2, 0.25) is 0 Å².